The van der Waals surface area contributed by atoms with Crippen LogP contribution in [0.25, 0.3) is 0 Å². The van der Waals surface area contributed by atoms with Gasteiger partial charge in [0.2, 0.25) is 0 Å². The molecule has 0 amide bonds. The molecule has 7 heteroatoms. The van der Waals surface area contributed by atoms with Crippen LogP contribution in [-0.2, 0) is 14.9 Å². The first-order valence-corrected chi connectivity index (χ1v) is 9.01. The van der Waals surface area contributed by atoms with Crippen molar-refractivity contribution in [2.24, 2.45) is 0 Å². The van der Waals surface area contributed by atoms with Gasteiger partial charge in [0.05, 0.1) is 12.7 Å². The molecule has 0 aromatic rings. The van der Waals surface area contributed by atoms with Crippen molar-refractivity contribution in [2.75, 3.05) is 39.3 Å². The van der Waals surface area contributed by atoms with Gasteiger partial charge < -0.3 is 4.74 Å². The van der Waals surface area contributed by atoms with E-state index in [2.05, 4.69) is 4.90 Å². The summed E-state index contributed by atoms with van der Waals surface area (Å²) in [7, 11) is -3.35. The maximum Gasteiger partial charge on any atom is 0.282 e. The van der Waals surface area contributed by atoms with Crippen LogP contribution in [0.1, 0.15) is 26.7 Å². The Hall–Kier alpha value is -0.210. The molecule has 3 saturated heterocycles. The second-order valence-corrected chi connectivity index (χ2v) is 8.14. The van der Waals surface area contributed by atoms with E-state index in [9.17, 15) is 8.42 Å². The summed E-state index contributed by atoms with van der Waals surface area (Å²) < 4.78 is 34.5. The predicted molar refractivity (Wildman–Crippen MR) is 76.7 cm³/mol. The summed E-state index contributed by atoms with van der Waals surface area (Å²) in [5.41, 5.74) is 0. The molecule has 0 aliphatic carbocycles. The van der Waals surface area contributed by atoms with Crippen molar-refractivity contribution in [2.45, 2.75) is 44.9 Å². The van der Waals surface area contributed by atoms with Gasteiger partial charge in [0.25, 0.3) is 10.2 Å². The molecule has 0 radical (unpaired) electrons. The lowest BCUT2D eigenvalue weighted by Gasteiger charge is -2.44. The molecule has 116 valence electrons. The molecule has 0 unspecified atom stereocenters. The fraction of sp³-hybridized carbons (Fsp3) is 1.00. The molecule has 0 saturated carbocycles. The summed E-state index contributed by atoms with van der Waals surface area (Å²) in [6.45, 7) is 8.04. The highest BCUT2D eigenvalue weighted by Gasteiger charge is 2.42. The molecule has 0 aromatic carbocycles. The maximum atomic E-state index is 12.9. The van der Waals surface area contributed by atoms with Crippen LogP contribution >= 0.6 is 0 Å². The minimum absolute atomic E-state index is 0.0124. The highest BCUT2D eigenvalue weighted by Crippen LogP contribution is 2.28. The molecule has 0 spiro atoms. The fourth-order valence-electron chi connectivity index (χ4n) is 3.63. The number of piperazine rings is 1. The van der Waals surface area contributed by atoms with Crippen molar-refractivity contribution < 1.29 is 13.2 Å². The second kappa shape index (κ2) is 5.53. The number of nitrogens with zero attached hydrogens (tertiary/aromatic N) is 3. The van der Waals surface area contributed by atoms with Gasteiger partial charge in [-0.2, -0.15) is 17.0 Å². The van der Waals surface area contributed by atoms with Gasteiger partial charge in [0, 0.05) is 38.3 Å². The van der Waals surface area contributed by atoms with Crippen molar-refractivity contribution >= 4 is 10.2 Å². The van der Waals surface area contributed by atoms with E-state index in [1.165, 1.54) is 6.42 Å². The van der Waals surface area contributed by atoms with E-state index >= 15 is 0 Å². The zero-order valence-electron chi connectivity index (χ0n) is 12.4. The van der Waals surface area contributed by atoms with E-state index in [1.54, 1.807) is 8.61 Å². The highest BCUT2D eigenvalue weighted by atomic mass is 32.2. The molecule has 3 heterocycles. The minimum Gasteiger partial charge on any atom is -0.376 e. The van der Waals surface area contributed by atoms with E-state index in [4.69, 9.17) is 4.74 Å². The van der Waals surface area contributed by atoms with Crippen molar-refractivity contribution in [1.82, 2.24) is 13.5 Å². The summed E-state index contributed by atoms with van der Waals surface area (Å²) in [6.07, 6.45) is 2.31. The number of morpholine rings is 1. The molecule has 3 atom stereocenters. The largest absolute Gasteiger partial charge is 0.376 e. The van der Waals surface area contributed by atoms with Crippen LogP contribution in [-0.4, -0.2) is 79.4 Å². The lowest BCUT2D eigenvalue weighted by Crippen LogP contribution is -2.61. The van der Waals surface area contributed by atoms with E-state index < -0.39 is 10.2 Å². The average molecular weight is 303 g/mol. The topological polar surface area (TPSA) is 53.1 Å². The van der Waals surface area contributed by atoms with E-state index in [1.807, 2.05) is 13.8 Å². The third-order valence-electron chi connectivity index (χ3n) is 4.71. The summed E-state index contributed by atoms with van der Waals surface area (Å²) in [5, 5.41) is 0. The van der Waals surface area contributed by atoms with Crippen LogP contribution in [0.5, 0.6) is 0 Å². The Kier molecular flexibility index (Phi) is 4.07. The number of ether oxygens (including phenoxy) is 1. The van der Waals surface area contributed by atoms with Gasteiger partial charge in [-0.05, 0) is 33.2 Å². The second-order valence-electron chi connectivity index (χ2n) is 6.26. The zero-order chi connectivity index (χ0) is 14.3. The molecule has 3 rings (SSSR count). The Bertz CT molecular complexity index is 456. The monoisotopic (exact) mass is 303 g/mol. The normalized spacial score (nSPS) is 38.0. The quantitative estimate of drug-likeness (QED) is 0.727. The van der Waals surface area contributed by atoms with Crippen molar-refractivity contribution in [1.29, 1.82) is 0 Å². The van der Waals surface area contributed by atoms with Gasteiger partial charge in [-0.25, -0.2) is 0 Å². The third-order valence-corrected chi connectivity index (χ3v) is 6.79. The smallest absolute Gasteiger partial charge is 0.282 e. The molecule has 0 aromatic heterocycles. The lowest BCUT2D eigenvalue weighted by molar-refractivity contribution is 0.00610. The minimum atomic E-state index is -3.35. The summed E-state index contributed by atoms with van der Waals surface area (Å²) >= 11 is 0. The SMILES string of the molecule is C[C@@H]1CN(S(=O)(=O)N2C[C@@H]3CCCN3C[C@H]2C)CCO1. The third kappa shape index (κ3) is 2.62. The molecule has 6 nitrogen and oxygen atoms in total. The molecule has 0 bridgehead atoms. The van der Waals surface area contributed by atoms with Gasteiger partial charge in [-0.1, -0.05) is 0 Å². The van der Waals surface area contributed by atoms with Crippen LogP contribution in [0.2, 0.25) is 0 Å². The van der Waals surface area contributed by atoms with Gasteiger partial charge in [0.15, 0.2) is 0 Å². The van der Waals surface area contributed by atoms with E-state index in [-0.39, 0.29) is 12.1 Å². The van der Waals surface area contributed by atoms with Crippen molar-refractivity contribution in [3.05, 3.63) is 0 Å². The van der Waals surface area contributed by atoms with E-state index in [0.29, 0.717) is 32.3 Å². The number of hydrogen-bond donors (Lipinski definition) is 0. The van der Waals surface area contributed by atoms with Gasteiger partial charge in [-0.3, -0.25) is 4.90 Å². The molecule has 3 aliphatic heterocycles. The number of hydrogen-bond acceptors (Lipinski definition) is 4. The standard InChI is InChI=1S/C13H25N3O3S/c1-11-8-14-5-3-4-13(14)10-16(11)20(17,18)15-6-7-19-12(2)9-15/h11-13H,3-10H2,1-2H3/t11-,12-,13+/m1/s1. The maximum absolute atomic E-state index is 12.9. The van der Waals surface area contributed by atoms with Crippen LogP contribution < -0.4 is 0 Å². The Morgan fingerprint density at radius 2 is 1.90 bits per heavy atom. The molecule has 0 N–H and O–H groups in total. The molecular weight excluding hydrogens is 278 g/mol. The Morgan fingerprint density at radius 1 is 1.10 bits per heavy atom. The summed E-state index contributed by atoms with van der Waals surface area (Å²) in [6, 6.07) is 0.479. The molecule has 3 fully saturated rings. The lowest BCUT2D eigenvalue weighted by atomic mass is 10.1. The first-order chi connectivity index (χ1) is 9.48. The fourth-order valence-corrected chi connectivity index (χ4v) is 5.51. The van der Waals surface area contributed by atoms with Crippen LogP contribution in [0, 0.1) is 0 Å². The first-order valence-electron chi connectivity index (χ1n) is 7.61. The molecule has 3 aliphatic rings. The zero-order valence-corrected chi connectivity index (χ0v) is 13.2. The van der Waals surface area contributed by atoms with Crippen molar-refractivity contribution in [3.8, 4) is 0 Å². The highest BCUT2D eigenvalue weighted by molar-refractivity contribution is 7.86. The number of rotatable bonds is 2. The summed E-state index contributed by atoms with van der Waals surface area (Å²) in [4.78, 5) is 2.44. The van der Waals surface area contributed by atoms with Crippen molar-refractivity contribution in [3.63, 3.8) is 0 Å². The Balaban J connectivity index is 1.76. The predicted octanol–water partition coefficient (Wildman–Crippen LogP) is 0.120. The Labute approximate surface area is 121 Å². The van der Waals surface area contributed by atoms with Crippen LogP contribution in [0.15, 0.2) is 0 Å². The van der Waals surface area contributed by atoms with Gasteiger partial charge in [-0.15, -0.1) is 0 Å². The van der Waals surface area contributed by atoms with Crippen LogP contribution in [0.3, 0.4) is 0 Å². The molecule has 20 heavy (non-hydrogen) atoms. The van der Waals surface area contributed by atoms with Gasteiger partial charge in [0.1, 0.15) is 0 Å². The van der Waals surface area contributed by atoms with Crippen LogP contribution in [0.4, 0.5) is 0 Å². The Morgan fingerprint density at radius 3 is 2.65 bits per heavy atom. The number of fused-ring (bicyclic) bond motifs is 1. The first kappa shape index (κ1) is 14.7. The average Bonchev–Trinajstić information content (AvgIpc) is 2.84. The summed E-state index contributed by atoms with van der Waals surface area (Å²) in [5.74, 6) is 0. The van der Waals surface area contributed by atoms with E-state index in [0.717, 1.165) is 19.5 Å². The van der Waals surface area contributed by atoms with Gasteiger partial charge >= 0.3 is 0 Å². The molecular formula is C13H25N3O3S.